The molecular weight excluding hydrogens is 288 g/mol. The van der Waals surface area contributed by atoms with E-state index in [1.165, 1.54) is 16.6 Å². The van der Waals surface area contributed by atoms with Gasteiger partial charge in [-0.3, -0.25) is 0 Å². The van der Waals surface area contributed by atoms with Crippen LogP contribution in [0.15, 0.2) is 28.7 Å². The molecule has 0 radical (unpaired) electrons. The summed E-state index contributed by atoms with van der Waals surface area (Å²) in [5, 5.41) is 4.77. The van der Waals surface area contributed by atoms with Crippen LogP contribution in [-0.4, -0.2) is 17.7 Å². The Morgan fingerprint density at radius 2 is 2.06 bits per heavy atom. The second-order valence-electron chi connectivity index (χ2n) is 3.99. The number of fused-ring (bicyclic) bond motifs is 3. The Morgan fingerprint density at radius 3 is 2.94 bits per heavy atom. The average molecular weight is 302 g/mol. The Kier molecular flexibility index (Phi) is 3.57. The molecule has 0 amide bonds. The Balaban J connectivity index is 0.000000963. The maximum absolute atomic E-state index is 3.52. The van der Waals surface area contributed by atoms with Gasteiger partial charge in [-0.15, -0.1) is 12.4 Å². The molecule has 2 aromatic rings. The highest BCUT2D eigenvalue weighted by Crippen LogP contribution is 2.24. The van der Waals surface area contributed by atoms with Crippen molar-refractivity contribution in [2.45, 2.75) is 13.0 Å². The van der Waals surface area contributed by atoms with Gasteiger partial charge in [-0.1, -0.05) is 15.9 Å². The van der Waals surface area contributed by atoms with Crippen molar-refractivity contribution in [3.8, 4) is 0 Å². The van der Waals surface area contributed by atoms with Gasteiger partial charge in [-0.05, 0) is 24.3 Å². The van der Waals surface area contributed by atoms with E-state index in [9.17, 15) is 0 Å². The van der Waals surface area contributed by atoms with Crippen molar-refractivity contribution < 1.29 is 0 Å². The van der Waals surface area contributed by atoms with Crippen LogP contribution in [0.4, 0.5) is 0 Å². The summed E-state index contributed by atoms with van der Waals surface area (Å²) >= 11 is 3.52. The first-order valence-corrected chi connectivity index (χ1v) is 6.12. The third-order valence-electron chi connectivity index (χ3n) is 3.02. The Bertz CT molecular complexity index is 507. The Morgan fingerprint density at radius 1 is 1.19 bits per heavy atom. The normalized spacial score (nSPS) is 15.3. The van der Waals surface area contributed by atoms with Crippen molar-refractivity contribution in [2.75, 3.05) is 13.1 Å². The van der Waals surface area contributed by atoms with E-state index in [2.05, 4.69) is 50.1 Å². The molecule has 0 spiro atoms. The van der Waals surface area contributed by atoms with Crippen LogP contribution < -0.4 is 5.32 Å². The summed E-state index contributed by atoms with van der Waals surface area (Å²) in [6, 6.07) is 8.83. The van der Waals surface area contributed by atoms with E-state index in [1.54, 1.807) is 0 Å². The maximum Gasteiger partial charge on any atom is 0.0483 e. The van der Waals surface area contributed by atoms with Gasteiger partial charge in [0.25, 0.3) is 0 Å². The minimum atomic E-state index is 0. The topological polar surface area (TPSA) is 17.0 Å². The zero-order chi connectivity index (χ0) is 10.3. The lowest BCUT2D eigenvalue weighted by molar-refractivity contribution is 0.658. The van der Waals surface area contributed by atoms with Gasteiger partial charge in [0, 0.05) is 47.1 Å². The van der Waals surface area contributed by atoms with Gasteiger partial charge in [-0.2, -0.15) is 0 Å². The largest absolute Gasteiger partial charge is 0.343 e. The van der Waals surface area contributed by atoms with E-state index in [-0.39, 0.29) is 12.4 Å². The van der Waals surface area contributed by atoms with Crippen LogP contribution >= 0.6 is 28.3 Å². The van der Waals surface area contributed by atoms with Gasteiger partial charge >= 0.3 is 0 Å². The standard InChI is InChI=1S/C12H13BrN2.ClH/c13-10-1-2-12-9(7-10)8-11-3-4-14-5-6-15(11)12;/h1-2,7-8,14H,3-6H2;1H. The number of rotatable bonds is 0. The molecule has 4 heteroatoms. The molecule has 1 aromatic heterocycles. The SMILES string of the molecule is Brc1ccc2c(c1)cc1n2CCNCC1.Cl. The summed E-state index contributed by atoms with van der Waals surface area (Å²) in [7, 11) is 0. The minimum Gasteiger partial charge on any atom is -0.343 e. The molecule has 3 rings (SSSR count). The highest BCUT2D eigenvalue weighted by Gasteiger charge is 2.10. The lowest BCUT2D eigenvalue weighted by Crippen LogP contribution is -2.17. The first kappa shape index (κ1) is 12.0. The zero-order valence-corrected chi connectivity index (χ0v) is 11.3. The first-order chi connectivity index (χ1) is 7.34. The van der Waals surface area contributed by atoms with Gasteiger partial charge in [0.1, 0.15) is 0 Å². The van der Waals surface area contributed by atoms with Gasteiger partial charge in [0.2, 0.25) is 0 Å². The third-order valence-corrected chi connectivity index (χ3v) is 3.51. The highest BCUT2D eigenvalue weighted by atomic mass is 79.9. The summed E-state index contributed by atoms with van der Waals surface area (Å²) in [4.78, 5) is 0. The van der Waals surface area contributed by atoms with Gasteiger partial charge < -0.3 is 9.88 Å². The molecule has 1 N–H and O–H groups in total. The molecule has 0 aliphatic carbocycles. The lowest BCUT2D eigenvalue weighted by atomic mass is 10.2. The second-order valence-corrected chi connectivity index (χ2v) is 4.91. The van der Waals surface area contributed by atoms with Crippen molar-refractivity contribution >= 4 is 39.2 Å². The van der Waals surface area contributed by atoms with Crippen LogP contribution in [0, 0.1) is 0 Å². The molecule has 1 aromatic carbocycles. The van der Waals surface area contributed by atoms with Crippen LogP contribution in [0.3, 0.4) is 0 Å². The fourth-order valence-corrected chi connectivity index (χ4v) is 2.68. The van der Waals surface area contributed by atoms with Crippen molar-refractivity contribution in [1.29, 1.82) is 0 Å². The Hall–Kier alpha value is -0.510. The van der Waals surface area contributed by atoms with Crippen LogP contribution in [0.1, 0.15) is 5.69 Å². The molecule has 0 saturated carbocycles. The van der Waals surface area contributed by atoms with Crippen LogP contribution in [-0.2, 0) is 13.0 Å². The molecule has 0 atom stereocenters. The molecular formula is C12H14BrClN2. The minimum absolute atomic E-state index is 0. The number of hydrogen-bond donors (Lipinski definition) is 1. The predicted molar refractivity (Wildman–Crippen MR) is 73.5 cm³/mol. The predicted octanol–water partition coefficient (Wildman–Crippen LogP) is 2.97. The maximum atomic E-state index is 3.52. The molecule has 0 bridgehead atoms. The van der Waals surface area contributed by atoms with E-state index >= 15 is 0 Å². The Labute approximate surface area is 110 Å². The fraction of sp³-hybridized carbons (Fsp3) is 0.333. The van der Waals surface area contributed by atoms with E-state index < -0.39 is 0 Å². The molecule has 1 aliphatic heterocycles. The van der Waals surface area contributed by atoms with Crippen LogP contribution in [0.2, 0.25) is 0 Å². The summed E-state index contributed by atoms with van der Waals surface area (Å²) < 4.78 is 3.59. The van der Waals surface area contributed by atoms with E-state index in [1.807, 2.05) is 0 Å². The van der Waals surface area contributed by atoms with E-state index in [0.29, 0.717) is 0 Å². The third kappa shape index (κ3) is 1.99. The molecule has 0 saturated heterocycles. The molecule has 0 fully saturated rings. The number of halogens is 2. The summed E-state index contributed by atoms with van der Waals surface area (Å²) in [5.41, 5.74) is 2.81. The zero-order valence-electron chi connectivity index (χ0n) is 8.87. The van der Waals surface area contributed by atoms with Crippen molar-refractivity contribution in [3.05, 3.63) is 34.4 Å². The van der Waals surface area contributed by atoms with Crippen LogP contribution in [0.5, 0.6) is 0 Å². The number of benzene rings is 1. The molecule has 86 valence electrons. The van der Waals surface area contributed by atoms with Gasteiger partial charge in [0.15, 0.2) is 0 Å². The van der Waals surface area contributed by atoms with Crippen molar-refractivity contribution in [2.24, 2.45) is 0 Å². The van der Waals surface area contributed by atoms with E-state index in [0.717, 1.165) is 30.5 Å². The number of hydrogen-bond acceptors (Lipinski definition) is 1. The fourth-order valence-electron chi connectivity index (χ4n) is 2.30. The van der Waals surface area contributed by atoms with Crippen LogP contribution in [0.25, 0.3) is 10.9 Å². The van der Waals surface area contributed by atoms with Gasteiger partial charge in [0.05, 0.1) is 0 Å². The van der Waals surface area contributed by atoms with E-state index in [4.69, 9.17) is 0 Å². The van der Waals surface area contributed by atoms with Gasteiger partial charge in [-0.25, -0.2) is 0 Å². The molecule has 1 aliphatic rings. The average Bonchev–Trinajstić information content (AvgIpc) is 2.42. The summed E-state index contributed by atoms with van der Waals surface area (Å²) in [6.07, 6.45) is 1.13. The first-order valence-electron chi connectivity index (χ1n) is 5.33. The number of aromatic nitrogens is 1. The monoisotopic (exact) mass is 300 g/mol. The molecule has 16 heavy (non-hydrogen) atoms. The molecule has 0 unspecified atom stereocenters. The highest BCUT2D eigenvalue weighted by molar-refractivity contribution is 9.10. The number of nitrogens with one attached hydrogen (secondary N) is 1. The number of nitrogens with zero attached hydrogens (tertiary/aromatic N) is 1. The lowest BCUT2D eigenvalue weighted by Gasteiger charge is -2.05. The van der Waals surface area contributed by atoms with Crippen molar-refractivity contribution in [1.82, 2.24) is 9.88 Å². The smallest absolute Gasteiger partial charge is 0.0483 e. The van der Waals surface area contributed by atoms with Crippen molar-refractivity contribution in [3.63, 3.8) is 0 Å². The summed E-state index contributed by atoms with van der Waals surface area (Å²) in [5.74, 6) is 0. The molecule has 2 heterocycles. The quantitative estimate of drug-likeness (QED) is 0.791. The molecule has 2 nitrogen and oxygen atoms in total. The second kappa shape index (κ2) is 4.78. The summed E-state index contributed by atoms with van der Waals surface area (Å²) in [6.45, 7) is 3.25.